The molecule has 1 atom stereocenters. The van der Waals surface area contributed by atoms with Crippen molar-refractivity contribution >= 4 is 0 Å². The first kappa shape index (κ1) is 10.6. The minimum atomic E-state index is 0.686. The molecule has 0 saturated carbocycles. The number of piperidine rings is 1. The van der Waals surface area contributed by atoms with E-state index in [2.05, 4.69) is 22.0 Å². The van der Waals surface area contributed by atoms with Gasteiger partial charge in [0.05, 0.1) is 6.20 Å². The lowest BCUT2D eigenvalue weighted by atomic mass is 9.98. The van der Waals surface area contributed by atoms with E-state index in [1.807, 2.05) is 6.20 Å². The Morgan fingerprint density at radius 3 is 3.20 bits per heavy atom. The Morgan fingerprint density at radius 2 is 2.53 bits per heavy atom. The van der Waals surface area contributed by atoms with Crippen LogP contribution in [-0.2, 0) is 6.54 Å². The van der Waals surface area contributed by atoms with Crippen LogP contribution in [0, 0.1) is 12.8 Å². The fraction of sp³-hybridized carbons (Fsp3) is 0.727. The van der Waals surface area contributed by atoms with Gasteiger partial charge >= 0.3 is 0 Å². The Labute approximate surface area is 90.8 Å². The molecule has 0 aliphatic carbocycles. The summed E-state index contributed by atoms with van der Waals surface area (Å²) in [5.41, 5.74) is 8.22. The number of nitrogens with zero attached hydrogens (tertiary/aromatic N) is 2. The fourth-order valence-corrected chi connectivity index (χ4v) is 2.26. The predicted molar refractivity (Wildman–Crippen MR) is 60.4 cm³/mol. The molecule has 1 saturated heterocycles. The summed E-state index contributed by atoms with van der Waals surface area (Å²) >= 11 is 0. The maximum absolute atomic E-state index is 5.72. The van der Waals surface area contributed by atoms with Gasteiger partial charge in [0.2, 0.25) is 0 Å². The van der Waals surface area contributed by atoms with E-state index < -0.39 is 0 Å². The van der Waals surface area contributed by atoms with Crippen molar-refractivity contribution < 1.29 is 0 Å². The van der Waals surface area contributed by atoms with Crippen LogP contribution in [0.25, 0.3) is 0 Å². The van der Waals surface area contributed by atoms with Crippen LogP contribution in [0.1, 0.15) is 24.1 Å². The second kappa shape index (κ2) is 4.77. The molecule has 2 rings (SSSR count). The number of aromatic amines is 1. The van der Waals surface area contributed by atoms with E-state index in [4.69, 9.17) is 5.73 Å². The molecule has 1 aromatic heterocycles. The lowest BCUT2D eigenvalue weighted by molar-refractivity contribution is 0.171. The summed E-state index contributed by atoms with van der Waals surface area (Å²) in [4.78, 5) is 2.48. The number of H-pyrrole nitrogens is 1. The smallest absolute Gasteiger partial charge is 0.0535 e. The molecule has 1 fully saturated rings. The number of rotatable bonds is 3. The van der Waals surface area contributed by atoms with Crippen molar-refractivity contribution in [3.8, 4) is 0 Å². The zero-order valence-corrected chi connectivity index (χ0v) is 9.37. The predicted octanol–water partition coefficient (Wildman–Crippen LogP) is 0.889. The highest BCUT2D eigenvalue weighted by Gasteiger charge is 2.19. The summed E-state index contributed by atoms with van der Waals surface area (Å²) in [7, 11) is 0. The molecule has 4 nitrogen and oxygen atoms in total. The van der Waals surface area contributed by atoms with Crippen LogP contribution in [-0.4, -0.2) is 34.7 Å². The second-order valence-electron chi connectivity index (χ2n) is 4.50. The van der Waals surface area contributed by atoms with Crippen molar-refractivity contribution in [2.75, 3.05) is 19.6 Å². The van der Waals surface area contributed by atoms with E-state index in [0.717, 1.165) is 19.6 Å². The summed E-state index contributed by atoms with van der Waals surface area (Å²) in [6.45, 7) is 6.24. The monoisotopic (exact) mass is 208 g/mol. The lowest BCUT2D eigenvalue weighted by Gasteiger charge is -2.31. The van der Waals surface area contributed by atoms with E-state index in [0.29, 0.717) is 5.92 Å². The van der Waals surface area contributed by atoms with Gasteiger partial charge in [0.25, 0.3) is 0 Å². The zero-order chi connectivity index (χ0) is 10.7. The molecule has 15 heavy (non-hydrogen) atoms. The number of aryl methyl sites for hydroxylation is 1. The molecule has 0 amide bonds. The maximum Gasteiger partial charge on any atom is 0.0535 e. The molecule has 2 heterocycles. The Bertz CT molecular complexity index is 307. The van der Waals surface area contributed by atoms with Crippen molar-refractivity contribution in [2.45, 2.75) is 26.3 Å². The van der Waals surface area contributed by atoms with Crippen molar-refractivity contribution in [3.63, 3.8) is 0 Å². The summed E-state index contributed by atoms with van der Waals surface area (Å²) in [6.07, 6.45) is 4.50. The Hall–Kier alpha value is -0.870. The van der Waals surface area contributed by atoms with Crippen LogP contribution in [0.3, 0.4) is 0 Å². The molecule has 0 bridgehead atoms. The maximum atomic E-state index is 5.72. The first-order valence-electron chi connectivity index (χ1n) is 5.71. The Morgan fingerprint density at radius 1 is 1.67 bits per heavy atom. The van der Waals surface area contributed by atoms with Gasteiger partial charge in [0.15, 0.2) is 0 Å². The van der Waals surface area contributed by atoms with Crippen LogP contribution < -0.4 is 5.73 Å². The summed E-state index contributed by atoms with van der Waals surface area (Å²) < 4.78 is 0. The normalized spacial score (nSPS) is 23.2. The van der Waals surface area contributed by atoms with Crippen LogP contribution in [0.2, 0.25) is 0 Å². The van der Waals surface area contributed by atoms with Crippen LogP contribution in [0.15, 0.2) is 6.20 Å². The molecular formula is C11H20N4. The molecule has 4 heteroatoms. The number of hydrogen-bond acceptors (Lipinski definition) is 3. The topological polar surface area (TPSA) is 57.9 Å². The number of aromatic nitrogens is 2. The standard InChI is InChI=1S/C11H20N4/c1-9-11(6-13-14-9)8-15-4-2-3-10(5-12)7-15/h6,10H,2-5,7-8,12H2,1H3,(H,13,14). The average Bonchev–Trinajstić information content (AvgIpc) is 2.65. The van der Waals surface area contributed by atoms with Crippen molar-refractivity contribution in [2.24, 2.45) is 11.7 Å². The average molecular weight is 208 g/mol. The highest BCUT2D eigenvalue weighted by molar-refractivity contribution is 5.14. The minimum absolute atomic E-state index is 0.686. The summed E-state index contributed by atoms with van der Waals surface area (Å²) in [5.74, 6) is 0.686. The fourth-order valence-electron chi connectivity index (χ4n) is 2.26. The molecule has 1 aliphatic heterocycles. The van der Waals surface area contributed by atoms with E-state index in [-0.39, 0.29) is 0 Å². The van der Waals surface area contributed by atoms with Gasteiger partial charge in [0.1, 0.15) is 0 Å². The zero-order valence-electron chi connectivity index (χ0n) is 9.37. The van der Waals surface area contributed by atoms with Gasteiger partial charge < -0.3 is 5.73 Å². The Balaban J connectivity index is 1.92. The molecular weight excluding hydrogens is 188 g/mol. The van der Waals surface area contributed by atoms with E-state index in [9.17, 15) is 0 Å². The van der Waals surface area contributed by atoms with Crippen molar-refractivity contribution in [1.82, 2.24) is 15.1 Å². The number of nitrogens with one attached hydrogen (secondary N) is 1. The Kier molecular flexibility index (Phi) is 3.38. The molecule has 84 valence electrons. The van der Waals surface area contributed by atoms with E-state index in [1.165, 1.54) is 30.6 Å². The third-order valence-corrected chi connectivity index (χ3v) is 3.26. The SMILES string of the molecule is Cc1[nH]ncc1CN1CCCC(CN)C1. The van der Waals surface area contributed by atoms with Gasteiger partial charge in [0, 0.05) is 24.3 Å². The lowest BCUT2D eigenvalue weighted by Crippen LogP contribution is -2.37. The highest BCUT2D eigenvalue weighted by Crippen LogP contribution is 2.18. The third kappa shape index (κ3) is 2.58. The highest BCUT2D eigenvalue weighted by atomic mass is 15.2. The molecule has 1 aliphatic rings. The number of likely N-dealkylation sites (tertiary alicyclic amines) is 1. The van der Waals surface area contributed by atoms with Gasteiger partial charge in [-0.05, 0) is 38.8 Å². The first-order valence-corrected chi connectivity index (χ1v) is 5.71. The van der Waals surface area contributed by atoms with Crippen molar-refractivity contribution in [1.29, 1.82) is 0 Å². The van der Waals surface area contributed by atoms with E-state index in [1.54, 1.807) is 0 Å². The van der Waals surface area contributed by atoms with Crippen molar-refractivity contribution in [3.05, 3.63) is 17.5 Å². The summed E-state index contributed by atoms with van der Waals surface area (Å²) in [5, 5.41) is 7.03. The molecule has 0 radical (unpaired) electrons. The van der Waals surface area contributed by atoms with E-state index >= 15 is 0 Å². The third-order valence-electron chi connectivity index (χ3n) is 3.26. The summed E-state index contributed by atoms with van der Waals surface area (Å²) in [6, 6.07) is 0. The second-order valence-corrected chi connectivity index (χ2v) is 4.50. The van der Waals surface area contributed by atoms with Gasteiger partial charge in [-0.1, -0.05) is 0 Å². The molecule has 1 aromatic rings. The molecule has 3 N–H and O–H groups in total. The quantitative estimate of drug-likeness (QED) is 0.775. The van der Waals surface area contributed by atoms with Gasteiger partial charge in [-0.3, -0.25) is 10.00 Å². The van der Waals surface area contributed by atoms with Gasteiger partial charge in [-0.2, -0.15) is 5.10 Å². The number of nitrogens with two attached hydrogens (primary N) is 1. The molecule has 1 unspecified atom stereocenters. The molecule has 0 spiro atoms. The first-order chi connectivity index (χ1) is 7.29. The van der Waals surface area contributed by atoms with Crippen LogP contribution in [0.5, 0.6) is 0 Å². The largest absolute Gasteiger partial charge is 0.330 e. The number of hydrogen-bond donors (Lipinski definition) is 2. The van der Waals surface area contributed by atoms with Crippen LogP contribution >= 0.6 is 0 Å². The van der Waals surface area contributed by atoms with Gasteiger partial charge in [-0.25, -0.2) is 0 Å². The molecule has 0 aromatic carbocycles. The minimum Gasteiger partial charge on any atom is -0.330 e. The van der Waals surface area contributed by atoms with Crippen LogP contribution in [0.4, 0.5) is 0 Å². The van der Waals surface area contributed by atoms with Gasteiger partial charge in [-0.15, -0.1) is 0 Å².